The summed E-state index contributed by atoms with van der Waals surface area (Å²) in [7, 11) is 0. The van der Waals surface area contributed by atoms with Gasteiger partial charge in [0.2, 0.25) is 5.91 Å². The topological polar surface area (TPSA) is 58.2 Å². The smallest absolute Gasteiger partial charge is 0.251 e. The predicted molar refractivity (Wildman–Crippen MR) is 70.2 cm³/mol. The first-order chi connectivity index (χ1) is 7.63. The number of benzene rings is 1. The molecule has 0 unspecified atom stereocenters. The van der Waals surface area contributed by atoms with Crippen molar-refractivity contribution in [1.29, 1.82) is 0 Å². The van der Waals surface area contributed by atoms with Crippen molar-refractivity contribution in [3.8, 4) is 0 Å². The highest BCUT2D eigenvalue weighted by atomic mass is 127. The SMILES string of the molecule is CCNC(=O)CNC(=O)c1cccc(I)c1. The largest absolute Gasteiger partial charge is 0.355 e. The highest BCUT2D eigenvalue weighted by Crippen LogP contribution is 2.07. The quantitative estimate of drug-likeness (QED) is 0.813. The molecule has 0 radical (unpaired) electrons. The highest BCUT2D eigenvalue weighted by molar-refractivity contribution is 14.1. The van der Waals surface area contributed by atoms with Crippen molar-refractivity contribution in [2.45, 2.75) is 6.92 Å². The van der Waals surface area contributed by atoms with Crippen LogP contribution in [-0.2, 0) is 4.79 Å². The summed E-state index contributed by atoms with van der Waals surface area (Å²) in [6.45, 7) is 2.41. The lowest BCUT2D eigenvalue weighted by Gasteiger charge is -2.05. The lowest BCUT2D eigenvalue weighted by atomic mass is 10.2. The van der Waals surface area contributed by atoms with Crippen LogP contribution < -0.4 is 10.6 Å². The molecule has 0 aliphatic carbocycles. The molecule has 1 rings (SSSR count). The number of hydrogen-bond donors (Lipinski definition) is 2. The zero-order chi connectivity index (χ0) is 12.0. The van der Waals surface area contributed by atoms with Crippen LogP contribution in [0.3, 0.4) is 0 Å². The molecule has 1 aromatic carbocycles. The maximum atomic E-state index is 11.6. The second kappa shape index (κ2) is 6.47. The second-order valence-corrected chi connectivity index (χ2v) is 4.39. The Kier molecular flexibility index (Phi) is 5.24. The van der Waals surface area contributed by atoms with Gasteiger partial charge in [-0.1, -0.05) is 6.07 Å². The third-order valence-electron chi connectivity index (χ3n) is 1.87. The molecule has 0 bridgehead atoms. The van der Waals surface area contributed by atoms with Gasteiger partial charge in [-0.15, -0.1) is 0 Å². The number of carbonyl (C=O) groups excluding carboxylic acids is 2. The third kappa shape index (κ3) is 4.18. The van der Waals surface area contributed by atoms with Crippen LogP contribution in [0.15, 0.2) is 24.3 Å². The average Bonchev–Trinajstić information content (AvgIpc) is 2.26. The minimum Gasteiger partial charge on any atom is -0.355 e. The lowest BCUT2D eigenvalue weighted by molar-refractivity contribution is -0.120. The molecular weight excluding hydrogens is 319 g/mol. The van der Waals surface area contributed by atoms with Crippen LogP contribution in [0.25, 0.3) is 0 Å². The number of hydrogen-bond acceptors (Lipinski definition) is 2. The van der Waals surface area contributed by atoms with Crippen molar-refractivity contribution in [3.05, 3.63) is 33.4 Å². The summed E-state index contributed by atoms with van der Waals surface area (Å²) in [6, 6.07) is 7.20. The minimum absolute atomic E-state index is 0.0121. The lowest BCUT2D eigenvalue weighted by Crippen LogP contribution is -2.36. The Hall–Kier alpha value is -1.11. The van der Waals surface area contributed by atoms with Crippen LogP contribution >= 0.6 is 22.6 Å². The first-order valence-electron chi connectivity index (χ1n) is 4.94. The van der Waals surface area contributed by atoms with Crippen molar-refractivity contribution in [2.75, 3.05) is 13.1 Å². The Labute approximate surface area is 108 Å². The van der Waals surface area contributed by atoms with Gasteiger partial charge in [0.05, 0.1) is 6.54 Å². The molecule has 0 aliphatic heterocycles. The van der Waals surface area contributed by atoms with Crippen LogP contribution in [0.2, 0.25) is 0 Å². The number of rotatable bonds is 4. The van der Waals surface area contributed by atoms with E-state index in [0.29, 0.717) is 12.1 Å². The van der Waals surface area contributed by atoms with Gasteiger partial charge in [-0.05, 0) is 47.7 Å². The predicted octanol–water partition coefficient (Wildman–Crippen LogP) is 1.16. The first kappa shape index (κ1) is 13.0. The van der Waals surface area contributed by atoms with Crippen molar-refractivity contribution < 1.29 is 9.59 Å². The van der Waals surface area contributed by atoms with Gasteiger partial charge in [-0.3, -0.25) is 9.59 Å². The van der Waals surface area contributed by atoms with Crippen molar-refractivity contribution in [3.63, 3.8) is 0 Å². The summed E-state index contributed by atoms with van der Waals surface area (Å²) in [5.41, 5.74) is 0.566. The standard InChI is InChI=1S/C11H13IN2O2/c1-2-13-10(15)7-14-11(16)8-4-3-5-9(12)6-8/h3-6H,2,7H2,1H3,(H,13,15)(H,14,16). The van der Waals surface area contributed by atoms with Crippen LogP contribution in [0.1, 0.15) is 17.3 Å². The summed E-state index contributed by atoms with van der Waals surface area (Å²) in [5, 5.41) is 5.17. The maximum absolute atomic E-state index is 11.6. The fraction of sp³-hybridized carbons (Fsp3) is 0.273. The Morgan fingerprint density at radius 3 is 2.69 bits per heavy atom. The highest BCUT2D eigenvalue weighted by Gasteiger charge is 2.07. The molecule has 0 fully saturated rings. The molecule has 0 saturated heterocycles. The van der Waals surface area contributed by atoms with Crippen LogP contribution in [0.5, 0.6) is 0 Å². The molecule has 0 spiro atoms. The van der Waals surface area contributed by atoms with E-state index in [0.717, 1.165) is 3.57 Å². The first-order valence-corrected chi connectivity index (χ1v) is 6.02. The zero-order valence-electron chi connectivity index (χ0n) is 8.92. The van der Waals surface area contributed by atoms with Gasteiger partial charge in [0.25, 0.3) is 5.91 Å². The second-order valence-electron chi connectivity index (χ2n) is 3.15. The summed E-state index contributed by atoms with van der Waals surface area (Å²) < 4.78 is 0.989. The van der Waals surface area contributed by atoms with E-state index in [9.17, 15) is 9.59 Å². The molecular formula is C11H13IN2O2. The molecule has 0 aromatic heterocycles. The number of likely N-dealkylation sites (N-methyl/N-ethyl adjacent to an activating group) is 1. The molecule has 5 heteroatoms. The van der Waals surface area contributed by atoms with Crippen molar-refractivity contribution in [1.82, 2.24) is 10.6 Å². The summed E-state index contributed by atoms with van der Waals surface area (Å²) in [4.78, 5) is 22.7. The van der Waals surface area contributed by atoms with E-state index in [4.69, 9.17) is 0 Å². The fourth-order valence-corrected chi connectivity index (χ4v) is 1.70. The monoisotopic (exact) mass is 332 g/mol. The van der Waals surface area contributed by atoms with Gasteiger partial charge in [0.1, 0.15) is 0 Å². The third-order valence-corrected chi connectivity index (χ3v) is 2.54. The van der Waals surface area contributed by atoms with E-state index in [-0.39, 0.29) is 18.4 Å². The van der Waals surface area contributed by atoms with Crippen LogP contribution in [0, 0.1) is 3.57 Å². The molecule has 2 amide bonds. The molecule has 0 aliphatic rings. The summed E-state index contributed by atoms with van der Waals surface area (Å²) in [5.74, 6) is -0.411. The molecule has 4 nitrogen and oxygen atoms in total. The van der Waals surface area contributed by atoms with Gasteiger partial charge in [-0.25, -0.2) is 0 Å². The van der Waals surface area contributed by atoms with E-state index in [2.05, 4.69) is 33.2 Å². The molecule has 16 heavy (non-hydrogen) atoms. The van der Waals surface area contributed by atoms with Gasteiger partial charge in [-0.2, -0.15) is 0 Å². The van der Waals surface area contributed by atoms with Gasteiger partial charge < -0.3 is 10.6 Å². The number of nitrogens with one attached hydrogen (secondary N) is 2. The van der Waals surface area contributed by atoms with Crippen molar-refractivity contribution in [2.24, 2.45) is 0 Å². The Balaban J connectivity index is 2.50. The van der Waals surface area contributed by atoms with E-state index >= 15 is 0 Å². The fourth-order valence-electron chi connectivity index (χ4n) is 1.15. The Morgan fingerprint density at radius 2 is 2.06 bits per heavy atom. The van der Waals surface area contributed by atoms with E-state index < -0.39 is 0 Å². The van der Waals surface area contributed by atoms with E-state index in [1.165, 1.54) is 0 Å². The molecule has 86 valence electrons. The zero-order valence-corrected chi connectivity index (χ0v) is 11.1. The number of carbonyl (C=O) groups is 2. The Bertz CT molecular complexity index is 393. The summed E-state index contributed by atoms with van der Waals surface area (Å²) in [6.07, 6.45) is 0. The van der Waals surface area contributed by atoms with E-state index in [1.807, 2.05) is 19.1 Å². The summed E-state index contributed by atoms with van der Waals surface area (Å²) >= 11 is 2.13. The van der Waals surface area contributed by atoms with Gasteiger partial charge in [0.15, 0.2) is 0 Å². The average molecular weight is 332 g/mol. The molecule has 0 heterocycles. The maximum Gasteiger partial charge on any atom is 0.251 e. The van der Waals surface area contributed by atoms with Gasteiger partial charge >= 0.3 is 0 Å². The van der Waals surface area contributed by atoms with E-state index in [1.54, 1.807) is 12.1 Å². The molecule has 0 atom stereocenters. The normalized spacial score (nSPS) is 9.62. The van der Waals surface area contributed by atoms with Crippen LogP contribution in [-0.4, -0.2) is 24.9 Å². The minimum atomic E-state index is -0.232. The number of halogens is 1. The molecule has 0 saturated carbocycles. The Morgan fingerprint density at radius 1 is 1.31 bits per heavy atom. The van der Waals surface area contributed by atoms with Crippen LogP contribution in [0.4, 0.5) is 0 Å². The number of amides is 2. The molecule has 2 N–H and O–H groups in total. The van der Waals surface area contributed by atoms with Gasteiger partial charge in [0, 0.05) is 15.7 Å². The molecule has 1 aromatic rings. The van der Waals surface area contributed by atoms with Crippen molar-refractivity contribution >= 4 is 34.4 Å².